The van der Waals surface area contributed by atoms with Crippen LogP contribution in [0.4, 0.5) is 5.82 Å². The summed E-state index contributed by atoms with van der Waals surface area (Å²) in [6.45, 7) is 0.908. The zero-order valence-electron chi connectivity index (χ0n) is 15.8. The van der Waals surface area contributed by atoms with E-state index in [1.165, 1.54) is 5.56 Å². The first-order valence-corrected chi connectivity index (χ1v) is 9.91. The Balaban J connectivity index is 1.89. The molecule has 7 heteroatoms. The van der Waals surface area contributed by atoms with E-state index in [1.54, 1.807) is 20.3 Å². The van der Waals surface area contributed by atoms with E-state index in [1.807, 2.05) is 35.0 Å². The van der Waals surface area contributed by atoms with Crippen LogP contribution in [0.15, 0.2) is 36.4 Å². The van der Waals surface area contributed by atoms with Gasteiger partial charge in [-0.1, -0.05) is 23.2 Å². The smallest absolute Gasteiger partial charge is 0.161 e. The quantitative estimate of drug-likeness (QED) is 0.598. The lowest BCUT2D eigenvalue weighted by molar-refractivity contribution is 0.355. The van der Waals surface area contributed by atoms with Gasteiger partial charge in [-0.05, 0) is 55.7 Å². The van der Waals surface area contributed by atoms with E-state index in [-0.39, 0.29) is 0 Å². The fourth-order valence-electron chi connectivity index (χ4n) is 3.52. The van der Waals surface area contributed by atoms with E-state index in [2.05, 4.69) is 5.32 Å². The van der Waals surface area contributed by atoms with Crippen molar-refractivity contribution < 1.29 is 9.47 Å². The molecule has 28 heavy (non-hydrogen) atoms. The van der Waals surface area contributed by atoms with Crippen molar-refractivity contribution in [3.63, 3.8) is 0 Å². The highest BCUT2D eigenvalue weighted by atomic mass is 35.5. The van der Waals surface area contributed by atoms with Crippen molar-refractivity contribution in [3.05, 3.63) is 52.0 Å². The van der Waals surface area contributed by atoms with Gasteiger partial charge in [-0.2, -0.15) is 5.10 Å². The SMILES string of the molecule is COc1ccc(-c2nn(-c3ccc(Cl)c(Cl)c3)c3c2CCCCN3)cc1OC. The van der Waals surface area contributed by atoms with Gasteiger partial charge >= 0.3 is 0 Å². The third-order valence-electron chi connectivity index (χ3n) is 4.93. The molecule has 0 amide bonds. The minimum absolute atomic E-state index is 0.504. The average molecular weight is 418 g/mol. The maximum atomic E-state index is 6.25. The minimum Gasteiger partial charge on any atom is -0.493 e. The summed E-state index contributed by atoms with van der Waals surface area (Å²) in [6, 6.07) is 11.4. The van der Waals surface area contributed by atoms with E-state index in [0.717, 1.165) is 48.6 Å². The molecule has 0 atom stereocenters. The molecule has 0 saturated heterocycles. The molecule has 0 aliphatic carbocycles. The molecule has 4 rings (SSSR count). The Labute approximate surface area is 174 Å². The van der Waals surface area contributed by atoms with E-state index in [9.17, 15) is 0 Å². The normalized spacial score (nSPS) is 13.4. The zero-order valence-corrected chi connectivity index (χ0v) is 17.3. The van der Waals surface area contributed by atoms with Gasteiger partial charge in [-0.3, -0.25) is 0 Å². The molecule has 2 aromatic carbocycles. The predicted octanol–water partition coefficient (Wildman–Crippen LogP) is 5.61. The molecular formula is C21H21Cl2N3O2. The summed E-state index contributed by atoms with van der Waals surface area (Å²) < 4.78 is 12.8. The van der Waals surface area contributed by atoms with Crippen molar-refractivity contribution in [1.29, 1.82) is 0 Å². The molecule has 3 aromatic rings. The molecular weight excluding hydrogens is 397 g/mol. The van der Waals surface area contributed by atoms with Gasteiger partial charge in [0.05, 0.1) is 35.6 Å². The van der Waals surface area contributed by atoms with Crippen molar-refractivity contribution in [3.8, 4) is 28.4 Å². The van der Waals surface area contributed by atoms with Crippen molar-refractivity contribution in [2.75, 3.05) is 26.1 Å². The Bertz CT molecular complexity index is 1020. The van der Waals surface area contributed by atoms with Gasteiger partial charge in [0.25, 0.3) is 0 Å². The number of ether oxygens (including phenoxy) is 2. The van der Waals surface area contributed by atoms with Crippen molar-refractivity contribution >= 4 is 29.0 Å². The Morgan fingerprint density at radius 1 is 0.964 bits per heavy atom. The first-order chi connectivity index (χ1) is 13.6. The predicted molar refractivity (Wildman–Crippen MR) is 114 cm³/mol. The van der Waals surface area contributed by atoms with Crippen LogP contribution in [0.3, 0.4) is 0 Å². The van der Waals surface area contributed by atoms with E-state index in [4.69, 9.17) is 37.8 Å². The maximum absolute atomic E-state index is 6.25. The van der Waals surface area contributed by atoms with Crippen LogP contribution in [0.2, 0.25) is 10.0 Å². The Hall–Kier alpha value is -2.37. The number of rotatable bonds is 4. The molecule has 146 valence electrons. The molecule has 0 saturated carbocycles. The maximum Gasteiger partial charge on any atom is 0.161 e. The van der Waals surface area contributed by atoms with Gasteiger partial charge < -0.3 is 14.8 Å². The highest BCUT2D eigenvalue weighted by molar-refractivity contribution is 6.42. The molecule has 0 fully saturated rings. The summed E-state index contributed by atoms with van der Waals surface area (Å²) in [4.78, 5) is 0. The summed E-state index contributed by atoms with van der Waals surface area (Å²) in [6.07, 6.45) is 3.17. The Morgan fingerprint density at radius 3 is 2.54 bits per heavy atom. The lowest BCUT2D eigenvalue weighted by Gasteiger charge is -2.10. The summed E-state index contributed by atoms with van der Waals surface area (Å²) >= 11 is 12.3. The molecule has 1 aromatic heterocycles. The fraction of sp³-hybridized carbons (Fsp3) is 0.286. The lowest BCUT2D eigenvalue weighted by Crippen LogP contribution is -2.07. The molecule has 1 N–H and O–H groups in total. The number of hydrogen-bond donors (Lipinski definition) is 1. The summed E-state index contributed by atoms with van der Waals surface area (Å²) in [7, 11) is 3.27. The average Bonchev–Trinajstić information content (AvgIpc) is 2.90. The monoisotopic (exact) mass is 417 g/mol. The first-order valence-electron chi connectivity index (χ1n) is 9.16. The van der Waals surface area contributed by atoms with Crippen molar-refractivity contribution in [1.82, 2.24) is 9.78 Å². The number of hydrogen-bond acceptors (Lipinski definition) is 4. The van der Waals surface area contributed by atoms with Crippen LogP contribution in [-0.2, 0) is 6.42 Å². The van der Waals surface area contributed by atoms with E-state index >= 15 is 0 Å². The molecule has 1 aliphatic rings. The number of benzene rings is 2. The molecule has 0 bridgehead atoms. The van der Waals surface area contributed by atoms with Gasteiger partial charge in [-0.15, -0.1) is 0 Å². The third-order valence-corrected chi connectivity index (χ3v) is 5.67. The standard InChI is InChI=1S/C21H21Cl2N3O2/c1-27-18-9-6-13(11-19(18)28-2)20-15-5-3-4-10-24-21(15)26(25-20)14-7-8-16(22)17(23)12-14/h6-9,11-12,24H,3-5,10H2,1-2H3. The largest absolute Gasteiger partial charge is 0.493 e. The summed E-state index contributed by atoms with van der Waals surface area (Å²) in [5.41, 5.74) is 3.97. The van der Waals surface area contributed by atoms with Crippen LogP contribution >= 0.6 is 23.2 Å². The van der Waals surface area contributed by atoms with E-state index < -0.39 is 0 Å². The molecule has 1 aliphatic heterocycles. The molecule has 5 nitrogen and oxygen atoms in total. The van der Waals surface area contributed by atoms with Crippen molar-refractivity contribution in [2.45, 2.75) is 19.3 Å². The van der Waals surface area contributed by atoms with Gasteiger partial charge in [-0.25, -0.2) is 4.68 Å². The molecule has 0 radical (unpaired) electrons. The van der Waals surface area contributed by atoms with Crippen LogP contribution in [0.1, 0.15) is 18.4 Å². The Morgan fingerprint density at radius 2 is 1.79 bits per heavy atom. The topological polar surface area (TPSA) is 48.3 Å². The van der Waals surface area contributed by atoms with Gasteiger partial charge in [0, 0.05) is 17.7 Å². The number of anilines is 1. The number of halogens is 2. The number of methoxy groups -OCH3 is 2. The molecule has 2 heterocycles. The van der Waals surface area contributed by atoms with Gasteiger partial charge in [0.2, 0.25) is 0 Å². The number of aromatic nitrogens is 2. The van der Waals surface area contributed by atoms with Gasteiger partial charge in [0.1, 0.15) is 5.82 Å². The highest BCUT2D eigenvalue weighted by Crippen LogP contribution is 2.38. The van der Waals surface area contributed by atoms with Crippen molar-refractivity contribution in [2.24, 2.45) is 0 Å². The second-order valence-corrected chi connectivity index (χ2v) is 7.45. The lowest BCUT2D eigenvalue weighted by atomic mass is 10.0. The molecule has 0 unspecified atom stereocenters. The second kappa shape index (κ2) is 7.94. The van der Waals surface area contributed by atoms with Crippen LogP contribution in [0.25, 0.3) is 16.9 Å². The molecule has 0 spiro atoms. The zero-order chi connectivity index (χ0) is 19.7. The number of nitrogens with zero attached hydrogens (tertiary/aromatic N) is 2. The number of nitrogens with one attached hydrogen (secondary N) is 1. The first kappa shape index (κ1) is 19.0. The second-order valence-electron chi connectivity index (χ2n) is 6.64. The fourth-order valence-corrected chi connectivity index (χ4v) is 3.81. The minimum atomic E-state index is 0.504. The van der Waals surface area contributed by atoms with Crippen LogP contribution in [-0.4, -0.2) is 30.5 Å². The number of fused-ring (bicyclic) bond motifs is 1. The van der Waals surface area contributed by atoms with Crippen LogP contribution in [0, 0.1) is 0 Å². The Kier molecular flexibility index (Phi) is 5.38. The highest BCUT2D eigenvalue weighted by Gasteiger charge is 2.22. The van der Waals surface area contributed by atoms with Crippen LogP contribution < -0.4 is 14.8 Å². The third kappa shape index (κ3) is 3.40. The van der Waals surface area contributed by atoms with E-state index in [0.29, 0.717) is 21.5 Å². The van der Waals surface area contributed by atoms with Gasteiger partial charge in [0.15, 0.2) is 11.5 Å². The summed E-state index contributed by atoms with van der Waals surface area (Å²) in [5, 5.41) is 9.50. The van der Waals surface area contributed by atoms with Crippen LogP contribution in [0.5, 0.6) is 11.5 Å². The summed E-state index contributed by atoms with van der Waals surface area (Å²) in [5.74, 6) is 2.37.